The number of ether oxygens (including phenoxy) is 1. The number of hydrogen-bond acceptors (Lipinski definition) is 6. The molecule has 0 saturated heterocycles. The monoisotopic (exact) mass is 592 g/mol. The van der Waals surface area contributed by atoms with Crippen LogP contribution in [0.25, 0.3) is 0 Å². The standard InChI is InChI=1S/C30H48N4O6S/c1-22-17-19-25(20-18-22)41(38,39)33-28(34(23-12-7-5-8-13-23)24-14-9-6-10-15-24)31-21-11-16-26(27(35)36)32-29(37)40-30(2,3)4/h17-20,23-24,26H,5-16,21H2,1-4H3,(H,31,33)(H,32,37)(H,35,36)/t26-/m0/s1. The van der Waals surface area contributed by atoms with Crippen molar-refractivity contribution in [1.82, 2.24) is 14.9 Å². The van der Waals surface area contributed by atoms with Crippen LogP contribution in [0.5, 0.6) is 0 Å². The Balaban J connectivity index is 1.83. The molecule has 0 heterocycles. The van der Waals surface area contributed by atoms with E-state index in [2.05, 4.69) is 14.9 Å². The fourth-order valence-electron chi connectivity index (χ4n) is 5.61. The Hall–Kier alpha value is -2.82. The number of hydrogen-bond donors (Lipinski definition) is 3. The fraction of sp³-hybridized carbons (Fsp3) is 0.700. The van der Waals surface area contributed by atoms with Gasteiger partial charge in [-0.1, -0.05) is 56.2 Å². The van der Waals surface area contributed by atoms with E-state index in [4.69, 9.17) is 9.73 Å². The first-order valence-electron chi connectivity index (χ1n) is 15.0. The number of nitrogens with zero attached hydrogens (tertiary/aromatic N) is 2. The molecule has 1 atom stereocenters. The highest BCUT2D eigenvalue weighted by atomic mass is 32.2. The summed E-state index contributed by atoms with van der Waals surface area (Å²) in [7, 11) is -3.89. The molecule has 1 aromatic rings. The summed E-state index contributed by atoms with van der Waals surface area (Å²) in [6.45, 7) is 7.25. The van der Waals surface area contributed by atoms with Crippen molar-refractivity contribution in [3.05, 3.63) is 29.8 Å². The van der Waals surface area contributed by atoms with E-state index in [1.807, 2.05) is 6.92 Å². The second-order valence-electron chi connectivity index (χ2n) is 12.3. The highest BCUT2D eigenvalue weighted by Gasteiger charge is 2.33. The van der Waals surface area contributed by atoms with Crippen LogP contribution in [-0.4, -0.2) is 66.7 Å². The van der Waals surface area contributed by atoms with Crippen molar-refractivity contribution in [1.29, 1.82) is 0 Å². The van der Waals surface area contributed by atoms with E-state index < -0.39 is 33.7 Å². The number of guanidine groups is 1. The minimum Gasteiger partial charge on any atom is -0.480 e. The maximum atomic E-state index is 13.5. The molecule has 11 heteroatoms. The predicted molar refractivity (Wildman–Crippen MR) is 159 cm³/mol. The minimum absolute atomic E-state index is 0.128. The van der Waals surface area contributed by atoms with Crippen molar-refractivity contribution in [2.45, 2.75) is 133 Å². The van der Waals surface area contributed by atoms with Gasteiger partial charge in [0, 0.05) is 18.6 Å². The lowest BCUT2D eigenvalue weighted by Gasteiger charge is -2.43. The highest BCUT2D eigenvalue weighted by molar-refractivity contribution is 7.90. The van der Waals surface area contributed by atoms with Crippen molar-refractivity contribution < 1.29 is 27.9 Å². The zero-order valence-corrected chi connectivity index (χ0v) is 25.8. The van der Waals surface area contributed by atoms with Gasteiger partial charge in [-0.05, 0) is 78.4 Å². The number of carbonyl (C=O) groups is 2. The van der Waals surface area contributed by atoms with Gasteiger partial charge in [0.1, 0.15) is 11.6 Å². The summed E-state index contributed by atoms with van der Waals surface area (Å²) in [5, 5.41) is 12.1. The molecule has 1 amide bonds. The molecule has 2 aliphatic carbocycles. The van der Waals surface area contributed by atoms with Crippen LogP contribution in [0.1, 0.15) is 103 Å². The summed E-state index contributed by atoms with van der Waals surface area (Å²) in [4.78, 5) is 31.2. The molecule has 2 saturated carbocycles. The Morgan fingerprint density at radius 2 is 1.54 bits per heavy atom. The number of alkyl carbamates (subject to hydrolysis) is 1. The van der Waals surface area contributed by atoms with E-state index in [0.717, 1.165) is 56.9 Å². The normalized spacial score (nSPS) is 18.4. The molecule has 0 aromatic heterocycles. The third kappa shape index (κ3) is 10.5. The van der Waals surface area contributed by atoms with Crippen molar-refractivity contribution in [3.8, 4) is 0 Å². The summed E-state index contributed by atoms with van der Waals surface area (Å²) in [5.74, 6) is -0.817. The molecule has 230 valence electrons. The first-order valence-corrected chi connectivity index (χ1v) is 16.5. The Bertz CT molecular complexity index is 1120. The minimum atomic E-state index is -3.89. The number of sulfonamides is 1. The lowest BCUT2D eigenvalue weighted by molar-refractivity contribution is -0.139. The number of benzene rings is 1. The molecule has 3 N–H and O–H groups in total. The van der Waals surface area contributed by atoms with E-state index >= 15 is 0 Å². The maximum absolute atomic E-state index is 13.5. The Labute approximate surface area is 245 Å². The molecule has 0 radical (unpaired) electrons. The third-order valence-corrected chi connectivity index (χ3v) is 8.98. The molecular weight excluding hydrogens is 544 g/mol. The van der Waals surface area contributed by atoms with Gasteiger partial charge in [0.05, 0.1) is 4.90 Å². The molecule has 0 aliphatic heterocycles. The molecule has 1 aromatic carbocycles. The number of nitrogens with one attached hydrogen (secondary N) is 2. The largest absolute Gasteiger partial charge is 0.480 e. The van der Waals surface area contributed by atoms with E-state index in [1.165, 1.54) is 12.8 Å². The summed E-state index contributed by atoms with van der Waals surface area (Å²) in [6, 6.07) is 6.00. The quantitative estimate of drug-likeness (QED) is 0.189. The van der Waals surface area contributed by atoms with Gasteiger partial charge in [-0.15, -0.1) is 0 Å². The number of amides is 1. The third-order valence-electron chi connectivity index (χ3n) is 7.64. The molecule has 2 aliphatic rings. The van der Waals surface area contributed by atoms with Gasteiger partial charge in [0.2, 0.25) is 5.96 Å². The van der Waals surface area contributed by atoms with Crippen LogP contribution in [0.3, 0.4) is 0 Å². The van der Waals surface area contributed by atoms with Crippen LogP contribution >= 0.6 is 0 Å². The first-order chi connectivity index (χ1) is 19.4. The number of aryl methyl sites for hydroxylation is 1. The molecule has 10 nitrogen and oxygen atoms in total. The van der Waals surface area contributed by atoms with Crippen LogP contribution in [-0.2, 0) is 19.6 Å². The Kier molecular flexibility index (Phi) is 11.9. The van der Waals surface area contributed by atoms with Gasteiger partial charge < -0.3 is 20.1 Å². The lowest BCUT2D eigenvalue weighted by atomic mass is 9.89. The van der Waals surface area contributed by atoms with Crippen molar-refractivity contribution in [2.24, 2.45) is 4.99 Å². The summed E-state index contributed by atoms with van der Waals surface area (Å²) in [6.07, 6.45) is 10.4. The van der Waals surface area contributed by atoms with E-state index in [1.54, 1.807) is 45.0 Å². The second-order valence-corrected chi connectivity index (χ2v) is 14.0. The van der Waals surface area contributed by atoms with Gasteiger partial charge >= 0.3 is 12.1 Å². The van der Waals surface area contributed by atoms with Crippen molar-refractivity contribution in [3.63, 3.8) is 0 Å². The summed E-state index contributed by atoms with van der Waals surface area (Å²) >= 11 is 0. The average molecular weight is 593 g/mol. The van der Waals surface area contributed by atoms with Crippen molar-refractivity contribution in [2.75, 3.05) is 6.54 Å². The molecule has 0 unspecified atom stereocenters. The smallest absolute Gasteiger partial charge is 0.408 e. The summed E-state index contributed by atoms with van der Waals surface area (Å²) < 4.78 is 35.1. The van der Waals surface area contributed by atoms with Crippen molar-refractivity contribution >= 4 is 28.0 Å². The van der Waals surface area contributed by atoms with Crippen LogP contribution in [0.4, 0.5) is 4.79 Å². The number of aliphatic imine (C=N–C) groups is 1. The van der Waals surface area contributed by atoms with Gasteiger partial charge in [0.15, 0.2) is 0 Å². The highest BCUT2D eigenvalue weighted by Crippen LogP contribution is 2.31. The first kappa shape index (κ1) is 32.7. The molecule has 0 spiro atoms. The zero-order chi connectivity index (χ0) is 30.0. The number of aliphatic carboxylic acids is 1. The molecule has 41 heavy (non-hydrogen) atoms. The molecule has 2 fully saturated rings. The van der Waals surface area contributed by atoms with E-state index in [9.17, 15) is 23.1 Å². The topological polar surface area (TPSA) is 137 Å². The van der Waals surface area contributed by atoms with Gasteiger partial charge in [-0.2, -0.15) is 0 Å². The number of carbonyl (C=O) groups excluding carboxylic acids is 1. The van der Waals surface area contributed by atoms with Crippen LogP contribution in [0, 0.1) is 6.92 Å². The SMILES string of the molecule is Cc1ccc(S(=O)(=O)NC(=NCCC[C@H](NC(=O)OC(C)(C)C)C(=O)O)N(C2CCCCC2)C2CCCCC2)cc1. The maximum Gasteiger partial charge on any atom is 0.408 e. The van der Waals surface area contributed by atoms with Crippen LogP contribution in [0.2, 0.25) is 0 Å². The fourth-order valence-corrected chi connectivity index (χ4v) is 6.64. The lowest BCUT2D eigenvalue weighted by Crippen LogP contribution is -2.54. The van der Waals surface area contributed by atoms with Gasteiger partial charge in [0.25, 0.3) is 10.0 Å². The summed E-state index contributed by atoms with van der Waals surface area (Å²) in [5.41, 5.74) is 0.222. The Morgan fingerprint density at radius 3 is 2.02 bits per heavy atom. The predicted octanol–water partition coefficient (Wildman–Crippen LogP) is 5.35. The van der Waals surface area contributed by atoms with Gasteiger partial charge in [-0.3, -0.25) is 4.99 Å². The van der Waals surface area contributed by atoms with E-state index in [0.29, 0.717) is 12.4 Å². The van der Waals surface area contributed by atoms with Crippen LogP contribution < -0.4 is 10.0 Å². The molecular formula is C30H48N4O6S. The van der Waals surface area contributed by atoms with Crippen LogP contribution in [0.15, 0.2) is 34.2 Å². The number of carboxylic acids is 1. The zero-order valence-electron chi connectivity index (χ0n) is 25.0. The molecule has 3 rings (SSSR count). The van der Waals surface area contributed by atoms with E-state index in [-0.39, 0.29) is 29.9 Å². The average Bonchev–Trinajstić information content (AvgIpc) is 2.90. The number of carboxylic acid groups (broad SMARTS) is 1. The molecule has 0 bridgehead atoms. The number of rotatable bonds is 10. The second kappa shape index (κ2) is 14.9. The van der Waals surface area contributed by atoms with Gasteiger partial charge in [-0.25, -0.2) is 22.7 Å². The Morgan fingerprint density at radius 1 is 1.00 bits per heavy atom.